The van der Waals surface area contributed by atoms with Gasteiger partial charge in [0, 0.05) is 12.1 Å². The summed E-state index contributed by atoms with van der Waals surface area (Å²) in [6, 6.07) is 2.80. The molecule has 1 atom stereocenters. The zero-order valence-electron chi connectivity index (χ0n) is 12.5. The van der Waals surface area contributed by atoms with Gasteiger partial charge in [0.1, 0.15) is 0 Å². The number of rotatable bonds is 7. The van der Waals surface area contributed by atoms with Gasteiger partial charge in [-0.2, -0.15) is 0 Å². The maximum Gasteiger partial charge on any atom is 1.00 e. The van der Waals surface area contributed by atoms with E-state index in [0.29, 0.717) is 0 Å². The molecule has 0 radical (unpaired) electrons. The van der Waals surface area contributed by atoms with Gasteiger partial charge in [-0.25, -0.2) is 13.1 Å². The number of carbonyl (C=O) groups is 1. The Hall–Kier alpha value is 0.0519. The monoisotopic (exact) mass is 448 g/mol. The van der Waals surface area contributed by atoms with Crippen molar-refractivity contribution in [1.82, 2.24) is 4.72 Å². The second kappa shape index (κ2) is 9.37. The summed E-state index contributed by atoms with van der Waals surface area (Å²) in [5.41, 5.74) is -0.257. The Morgan fingerprint density at radius 3 is 2.14 bits per heavy atom. The molecule has 1 aromatic rings. The molecule has 0 fully saturated rings. The number of nitrogens with zero attached hydrogens (tertiary/aromatic N) is 1. The van der Waals surface area contributed by atoms with Crippen LogP contribution in [0.25, 0.3) is 0 Å². The van der Waals surface area contributed by atoms with E-state index in [1.807, 2.05) is 4.72 Å². The van der Waals surface area contributed by atoms with E-state index in [-0.39, 0.29) is 91.8 Å². The number of nitrogens with one attached hydrogen (secondary N) is 1. The van der Waals surface area contributed by atoms with E-state index in [1.54, 1.807) is 13.8 Å². The fraction of sp³-hybridized carbons (Fsp3) is 0.417. The summed E-state index contributed by atoms with van der Waals surface area (Å²) in [6.07, 6.45) is 0.0779. The first kappa shape index (κ1) is 22.1. The molecule has 10 heteroatoms. The molecule has 22 heavy (non-hydrogen) atoms. The molecular formula is C12H15CsN2O6S. The number of hydrogen-bond donors (Lipinski definition) is 1. The van der Waals surface area contributed by atoms with Crippen molar-refractivity contribution in [2.24, 2.45) is 5.92 Å². The quantitative estimate of drug-likeness (QED) is 0.351. The smallest absolute Gasteiger partial charge is 0.548 e. The Morgan fingerprint density at radius 1 is 1.27 bits per heavy atom. The topological polar surface area (TPSA) is 129 Å². The van der Waals surface area contributed by atoms with E-state index in [0.717, 1.165) is 24.3 Å². The van der Waals surface area contributed by atoms with Gasteiger partial charge < -0.3 is 9.90 Å². The summed E-state index contributed by atoms with van der Waals surface area (Å²) < 4.78 is 26.1. The molecule has 0 aliphatic rings. The van der Waals surface area contributed by atoms with Crippen LogP contribution in [0.2, 0.25) is 0 Å². The van der Waals surface area contributed by atoms with Gasteiger partial charge in [0.05, 0.1) is 21.8 Å². The molecule has 1 N–H and O–H groups in total. The number of nitro groups is 1. The second-order valence-corrected chi connectivity index (χ2v) is 6.59. The van der Waals surface area contributed by atoms with Gasteiger partial charge >= 0.3 is 68.9 Å². The molecule has 0 saturated heterocycles. The average Bonchev–Trinajstić information content (AvgIpc) is 2.37. The third-order valence-electron chi connectivity index (χ3n) is 2.65. The van der Waals surface area contributed by atoms with Crippen molar-refractivity contribution < 1.29 is 92.1 Å². The largest absolute Gasteiger partial charge is 1.00 e. The molecule has 0 aliphatic carbocycles. The van der Waals surface area contributed by atoms with Crippen LogP contribution < -0.4 is 78.7 Å². The van der Waals surface area contributed by atoms with Crippen LogP contribution in [-0.4, -0.2) is 25.4 Å². The van der Waals surface area contributed by atoms with Gasteiger partial charge in [0.2, 0.25) is 10.0 Å². The molecular weight excluding hydrogens is 433 g/mol. The number of carboxylic acids is 1. The number of sulfonamides is 1. The van der Waals surface area contributed by atoms with E-state index in [2.05, 4.69) is 0 Å². The van der Waals surface area contributed by atoms with Gasteiger partial charge in [-0.05, 0) is 24.5 Å². The third-order valence-corrected chi connectivity index (χ3v) is 4.13. The van der Waals surface area contributed by atoms with E-state index in [9.17, 15) is 28.4 Å². The Labute approximate surface area is 187 Å². The fourth-order valence-corrected chi connectivity index (χ4v) is 2.86. The van der Waals surface area contributed by atoms with Crippen LogP contribution in [0.4, 0.5) is 5.69 Å². The minimum atomic E-state index is -4.09. The van der Waals surface area contributed by atoms with Gasteiger partial charge in [0.25, 0.3) is 5.69 Å². The minimum absolute atomic E-state index is 0. The SMILES string of the molecule is CC(C)C[C@H](NS(=O)(=O)c1ccc([N+](=O)[O-])cc1)C(=O)[O-].[Cs+]. The van der Waals surface area contributed by atoms with Crippen molar-refractivity contribution in [2.75, 3.05) is 0 Å². The van der Waals surface area contributed by atoms with Gasteiger partial charge in [-0.15, -0.1) is 0 Å². The summed E-state index contributed by atoms with van der Waals surface area (Å²) in [6.45, 7) is 3.49. The number of carboxylic acid groups (broad SMARTS) is 1. The van der Waals surface area contributed by atoms with Crippen molar-refractivity contribution >= 4 is 21.7 Å². The van der Waals surface area contributed by atoms with Crippen LogP contribution in [0.5, 0.6) is 0 Å². The van der Waals surface area contributed by atoms with Crippen LogP contribution in [0, 0.1) is 16.0 Å². The van der Waals surface area contributed by atoms with Gasteiger partial charge in [0.15, 0.2) is 0 Å². The Balaban J connectivity index is 0.00000441. The van der Waals surface area contributed by atoms with E-state index < -0.39 is 27.0 Å². The molecule has 0 spiro atoms. The van der Waals surface area contributed by atoms with E-state index >= 15 is 0 Å². The summed E-state index contributed by atoms with van der Waals surface area (Å²) in [7, 11) is -4.09. The maximum absolute atomic E-state index is 12.0. The first-order valence-electron chi connectivity index (χ1n) is 6.11. The molecule has 0 unspecified atom stereocenters. The summed E-state index contributed by atoms with van der Waals surface area (Å²) in [4.78, 5) is 20.6. The van der Waals surface area contributed by atoms with E-state index in [4.69, 9.17) is 0 Å². The number of non-ortho nitro benzene ring substituents is 1. The molecule has 8 nitrogen and oxygen atoms in total. The molecule has 1 rings (SSSR count). The molecule has 0 saturated carbocycles. The van der Waals surface area contributed by atoms with Gasteiger partial charge in [-0.1, -0.05) is 13.8 Å². The maximum atomic E-state index is 12.0. The number of carbonyl (C=O) groups excluding carboxylic acids is 1. The Bertz CT molecular complexity index is 630. The summed E-state index contributed by atoms with van der Waals surface area (Å²) in [5, 5.41) is 21.5. The van der Waals surface area contributed by atoms with E-state index in [1.165, 1.54) is 0 Å². The first-order chi connectivity index (χ1) is 9.63. The van der Waals surface area contributed by atoms with Crippen LogP contribution in [0.15, 0.2) is 29.2 Å². The number of nitro benzene ring substituents is 1. The van der Waals surface area contributed by atoms with Crippen LogP contribution >= 0.6 is 0 Å². The molecule has 0 heterocycles. The molecule has 116 valence electrons. The Morgan fingerprint density at radius 2 is 1.77 bits per heavy atom. The molecule has 0 aromatic heterocycles. The normalized spacial score (nSPS) is 12.5. The summed E-state index contributed by atoms with van der Waals surface area (Å²) >= 11 is 0. The van der Waals surface area contributed by atoms with Crippen molar-refractivity contribution in [3.63, 3.8) is 0 Å². The van der Waals surface area contributed by atoms with Crippen molar-refractivity contribution in [2.45, 2.75) is 31.2 Å². The molecule has 0 aliphatic heterocycles. The number of aliphatic carboxylic acids is 1. The van der Waals surface area contributed by atoms with Crippen LogP contribution in [0.3, 0.4) is 0 Å². The fourth-order valence-electron chi connectivity index (χ4n) is 1.67. The van der Waals surface area contributed by atoms with Crippen LogP contribution in [-0.2, 0) is 14.8 Å². The predicted molar refractivity (Wildman–Crippen MR) is 71.7 cm³/mol. The van der Waals surface area contributed by atoms with Crippen molar-refractivity contribution in [3.05, 3.63) is 34.4 Å². The predicted octanol–water partition coefficient (Wildman–Crippen LogP) is -2.96. The zero-order chi connectivity index (χ0) is 16.2. The summed E-state index contributed by atoms with van der Waals surface area (Å²) in [5.74, 6) is -1.57. The van der Waals surface area contributed by atoms with Crippen LogP contribution in [0.1, 0.15) is 20.3 Å². The number of benzene rings is 1. The Kier molecular flexibility index (Phi) is 9.39. The molecule has 1 aromatic carbocycles. The third kappa shape index (κ3) is 6.66. The second-order valence-electron chi connectivity index (χ2n) is 4.87. The zero-order valence-corrected chi connectivity index (χ0v) is 19.6. The average molecular weight is 448 g/mol. The molecule has 0 amide bonds. The molecule has 0 bridgehead atoms. The van der Waals surface area contributed by atoms with Crippen molar-refractivity contribution in [1.29, 1.82) is 0 Å². The number of hydrogen-bond acceptors (Lipinski definition) is 6. The van der Waals surface area contributed by atoms with Crippen molar-refractivity contribution in [3.8, 4) is 0 Å². The van der Waals surface area contributed by atoms with Gasteiger partial charge in [-0.3, -0.25) is 10.1 Å². The standard InChI is InChI=1S/C12H16N2O6S.Cs/c1-8(2)7-11(12(15)16)13-21(19,20)10-5-3-9(4-6-10)14(17)18;/h3-6,8,11,13H,7H2,1-2H3,(H,15,16);/q;+1/p-1/t11-;/m0./s1. The first-order valence-corrected chi connectivity index (χ1v) is 7.59. The minimum Gasteiger partial charge on any atom is -0.548 e.